The normalized spacial score (nSPS) is 11.3. The lowest BCUT2D eigenvalue weighted by molar-refractivity contribution is -0.00442. The highest BCUT2D eigenvalue weighted by atomic mass is 32.1. The van der Waals surface area contributed by atoms with Gasteiger partial charge in [-0.15, -0.1) is 0 Å². The highest BCUT2D eigenvalue weighted by molar-refractivity contribution is 7.80. The van der Waals surface area contributed by atoms with Crippen molar-refractivity contribution in [1.82, 2.24) is 0 Å². The van der Waals surface area contributed by atoms with Crippen molar-refractivity contribution in [3.63, 3.8) is 0 Å². The number of thiol groups is 1. The molecule has 0 fully saturated rings. The summed E-state index contributed by atoms with van der Waals surface area (Å²) in [5, 5.41) is 0. The maximum Gasteiger partial charge on any atom is 0.123 e. The summed E-state index contributed by atoms with van der Waals surface area (Å²) in [7, 11) is 0. The molecular weight excluding hydrogens is 403 g/mol. The predicted molar refractivity (Wildman–Crippen MR) is 124 cm³/mol. The van der Waals surface area contributed by atoms with Crippen LogP contribution in [0.4, 0.5) is 4.39 Å². The molecule has 0 aromatic heterocycles. The van der Waals surface area contributed by atoms with Gasteiger partial charge in [0.25, 0.3) is 0 Å². The first kappa shape index (κ1) is 27.4. The van der Waals surface area contributed by atoms with Crippen molar-refractivity contribution in [2.75, 3.05) is 52.0 Å². The molecule has 1 aromatic rings. The van der Waals surface area contributed by atoms with Crippen molar-refractivity contribution < 1.29 is 23.3 Å². The molecule has 0 N–H and O–H groups in total. The third-order valence-corrected chi connectivity index (χ3v) is 5.04. The lowest BCUT2D eigenvalue weighted by Gasteiger charge is -2.08. The van der Waals surface area contributed by atoms with Gasteiger partial charge in [0.15, 0.2) is 0 Å². The Morgan fingerprint density at radius 2 is 1.10 bits per heavy atom. The van der Waals surface area contributed by atoms with Gasteiger partial charge in [-0.25, -0.2) is 4.39 Å². The number of unbranched alkanes of at least 4 members (excludes halogenated alkanes) is 8. The van der Waals surface area contributed by atoms with Crippen LogP contribution in [0.2, 0.25) is 0 Å². The molecule has 0 heterocycles. The Morgan fingerprint density at radius 3 is 1.67 bits per heavy atom. The van der Waals surface area contributed by atoms with Crippen LogP contribution in [0, 0.1) is 5.82 Å². The molecule has 6 heteroatoms. The molecule has 0 amide bonds. The summed E-state index contributed by atoms with van der Waals surface area (Å²) < 4.78 is 35.0. The lowest BCUT2D eigenvalue weighted by Crippen LogP contribution is -2.12. The molecule has 30 heavy (non-hydrogen) atoms. The van der Waals surface area contributed by atoms with Gasteiger partial charge in [-0.3, -0.25) is 0 Å². The van der Waals surface area contributed by atoms with E-state index in [2.05, 4.69) is 12.6 Å². The van der Waals surface area contributed by atoms with Crippen molar-refractivity contribution >= 4 is 12.6 Å². The fourth-order valence-electron chi connectivity index (χ4n) is 3.03. The van der Waals surface area contributed by atoms with Gasteiger partial charge in [0, 0.05) is 6.61 Å². The van der Waals surface area contributed by atoms with Crippen molar-refractivity contribution in [2.24, 2.45) is 0 Å². The minimum Gasteiger partial charge on any atom is -0.379 e. The predicted octanol–water partition coefficient (Wildman–Crippen LogP) is 5.83. The van der Waals surface area contributed by atoms with Gasteiger partial charge in [0.2, 0.25) is 0 Å². The number of ether oxygens (including phenoxy) is 4. The van der Waals surface area contributed by atoms with Gasteiger partial charge in [0.05, 0.1) is 46.2 Å². The molecular formula is C24H41FO4S. The summed E-state index contributed by atoms with van der Waals surface area (Å²) in [5.41, 5.74) is 0.828. The highest BCUT2D eigenvalue weighted by Gasteiger charge is 1.97. The summed E-state index contributed by atoms with van der Waals surface area (Å²) in [6.45, 7) is 4.55. The van der Waals surface area contributed by atoms with Crippen LogP contribution in [0.15, 0.2) is 24.3 Å². The molecule has 1 rings (SSSR count). The zero-order valence-corrected chi connectivity index (χ0v) is 19.4. The van der Waals surface area contributed by atoms with E-state index >= 15 is 0 Å². The summed E-state index contributed by atoms with van der Waals surface area (Å²) in [5.74, 6) is 0.782. The smallest absolute Gasteiger partial charge is 0.123 e. The third kappa shape index (κ3) is 18.1. The van der Waals surface area contributed by atoms with E-state index in [4.69, 9.17) is 18.9 Å². The Labute approximate surface area is 188 Å². The Balaban J connectivity index is 1.69. The summed E-state index contributed by atoms with van der Waals surface area (Å²) in [6, 6.07) is 6.43. The van der Waals surface area contributed by atoms with Gasteiger partial charge >= 0.3 is 0 Å². The molecule has 0 bridgehead atoms. The van der Waals surface area contributed by atoms with E-state index in [1.165, 1.54) is 63.5 Å². The van der Waals surface area contributed by atoms with Gasteiger partial charge in [-0.2, -0.15) is 12.6 Å². The Kier molecular flexibility index (Phi) is 19.7. The van der Waals surface area contributed by atoms with Gasteiger partial charge < -0.3 is 18.9 Å². The van der Waals surface area contributed by atoms with Crippen molar-refractivity contribution in [3.8, 4) is 0 Å². The molecule has 4 nitrogen and oxygen atoms in total. The maximum atomic E-state index is 13.0. The molecule has 0 aliphatic rings. The van der Waals surface area contributed by atoms with Crippen molar-refractivity contribution in [2.45, 2.75) is 64.4 Å². The minimum atomic E-state index is -0.241. The molecule has 0 unspecified atom stereocenters. The number of benzene rings is 1. The molecule has 0 saturated heterocycles. The molecule has 0 radical (unpaired) electrons. The van der Waals surface area contributed by atoms with E-state index < -0.39 is 0 Å². The first-order valence-corrected chi connectivity index (χ1v) is 12.1. The summed E-state index contributed by atoms with van der Waals surface area (Å²) >= 11 is 4.24. The second-order valence-corrected chi connectivity index (χ2v) is 7.87. The van der Waals surface area contributed by atoms with Crippen LogP contribution in [0.3, 0.4) is 0 Å². The van der Waals surface area contributed by atoms with Gasteiger partial charge in [-0.1, -0.05) is 57.1 Å². The first-order valence-electron chi connectivity index (χ1n) is 11.5. The van der Waals surface area contributed by atoms with Crippen molar-refractivity contribution in [1.29, 1.82) is 0 Å². The minimum absolute atomic E-state index is 0.241. The maximum absolute atomic E-state index is 13.0. The van der Waals surface area contributed by atoms with Crippen molar-refractivity contribution in [3.05, 3.63) is 35.6 Å². The number of rotatable bonds is 22. The third-order valence-electron chi connectivity index (χ3n) is 4.72. The molecule has 174 valence electrons. The van der Waals surface area contributed by atoms with Gasteiger partial charge in [-0.05, 0) is 36.3 Å². The topological polar surface area (TPSA) is 36.9 Å². The highest BCUT2D eigenvalue weighted by Crippen LogP contribution is 2.10. The molecule has 0 atom stereocenters. The summed E-state index contributed by atoms with van der Waals surface area (Å²) in [4.78, 5) is 0. The fourth-order valence-corrected chi connectivity index (χ4v) is 3.25. The Morgan fingerprint density at radius 1 is 0.600 bits per heavy atom. The van der Waals surface area contributed by atoms with Crippen LogP contribution in [0.25, 0.3) is 0 Å². The van der Waals surface area contributed by atoms with E-state index in [-0.39, 0.29) is 5.82 Å². The number of hydrogen-bond acceptors (Lipinski definition) is 5. The second-order valence-electron chi connectivity index (χ2n) is 7.43. The van der Waals surface area contributed by atoms with E-state index in [1.807, 2.05) is 6.07 Å². The van der Waals surface area contributed by atoms with Crippen LogP contribution in [0.1, 0.15) is 63.4 Å². The van der Waals surface area contributed by atoms with Crippen LogP contribution in [0.5, 0.6) is 0 Å². The average Bonchev–Trinajstić information content (AvgIpc) is 2.75. The van der Waals surface area contributed by atoms with E-state index in [0.29, 0.717) is 46.2 Å². The summed E-state index contributed by atoms with van der Waals surface area (Å²) in [6.07, 6.45) is 11.7. The monoisotopic (exact) mass is 444 g/mol. The molecule has 1 aromatic carbocycles. The Bertz CT molecular complexity index is 490. The standard InChI is InChI=1S/C24H41FO4S/c25-24-12-10-11-23(21-24)22-29-19-18-28-17-16-27-15-14-26-13-8-6-4-2-1-3-5-7-9-20-30/h10-12,21,30H,1-9,13-20,22H2. The SMILES string of the molecule is Fc1cccc(COCCOCCOCCOCCCCCCCCCCCS)c1. The van der Waals surface area contributed by atoms with E-state index in [9.17, 15) is 4.39 Å². The lowest BCUT2D eigenvalue weighted by atomic mass is 10.1. The first-order chi connectivity index (χ1) is 14.8. The van der Waals surface area contributed by atoms with E-state index in [1.54, 1.807) is 6.07 Å². The zero-order chi connectivity index (χ0) is 21.5. The molecule has 0 aliphatic heterocycles. The Hall–Kier alpha value is -0.660. The molecule has 0 spiro atoms. The quantitative estimate of drug-likeness (QED) is 0.180. The zero-order valence-electron chi connectivity index (χ0n) is 18.5. The van der Waals surface area contributed by atoms with E-state index in [0.717, 1.165) is 24.3 Å². The van der Waals surface area contributed by atoms with Crippen LogP contribution >= 0.6 is 12.6 Å². The number of hydrogen-bond donors (Lipinski definition) is 1. The van der Waals surface area contributed by atoms with Gasteiger partial charge in [0.1, 0.15) is 5.82 Å². The number of halogens is 1. The van der Waals surface area contributed by atoms with Crippen LogP contribution in [-0.4, -0.2) is 52.0 Å². The second kappa shape index (κ2) is 21.6. The largest absolute Gasteiger partial charge is 0.379 e. The molecule has 0 saturated carbocycles. The average molecular weight is 445 g/mol. The fraction of sp³-hybridized carbons (Fsp3) is 0.750. The van der Waals surface area contributed by atoms with Crippen LogP contribution in [-0.2, 0) is 25.6 Å². The van der Waals surface area contributed by atoms with Crippen LogP contribution < -0.4 is 0 Å². The molecule has 0 aliphatic carbocycles.